The molecule has 1 aromatic rings. The minimum absolute atomic E-state index is 0.0131. The molecular weight excluding hydrogens is 282 g/mol. The maximum absolute atomic E-state index is 11.9. The number of hydrogen-bond acceptors (Lipinski definition) is 6. The predicted octanol–water partition coefficient (Wildman–Crippen LogP) is 0.785. The molecule has 2 N–H and O–H groups in total. The molecule has 0 unspecified atom stereocenters. The normalized spacial score (nSPS) is 21.8. The predicted molar refractivity (Wildman–Crippen MR) is 71.2 cm³/mol. The fourth-order valence-electron chi connectivity index (χ4n) is 1.85. The van der Waals surface area contributed by atoms with Gasteiger partial charge < -0.3 is 9.73 Å². The zero-order chi connectivity index (χ0) is 14.1. The highest BCUT2D eigenvalue weighted by Crippen LogP contribution is 2.30. The van der Waals surface area contributed by atoms with Gasteiger partial charge in [-0.1, -0.05) is 11.8 Å². The van der Waals surface area contributed by atoms with Crippen molar-refractivity contribution in [1.29, 1.82) is 0 Å². The van der Waals surface area contributed by atoms with E-state index in [9.17, 15) is 14.4 Å². The largest absolute Gasteiger partial charge is 0.431 e. The van der Waals surface area contributed by atoms with E-state index in [0.717, 1.165) is 12.8 Å². The third kappa shape index (κ3) is 2.84. The van der Waals surface area contributed by atoms with Gasteiger partial charge in [0.15, 0.2) is 5.69 Å². The molecule has 0 radical (unpaired) electrons. The maximum Gasteiger partial charge on any atom is 0.302 e. The van der Waals surface area contributed by atoms with Gasteiger partial charge in [-0.3, -0.25) is 19.7 Å². The van der Waals surface area contributed by atoms with Gasteiger partial charge in [0.25, 0.3) is 5.91 Å². The van der Waals surface area contributed by atoms with E-state index >= 15 is 0 Å². The zero-order valence-electron chi connectivity index (χ0n) is 10.5. The van der Waals surface area contributed by atoms with Crippen LogP contribution in [0.4, 0.5) is 6.01 Å². The molecule has 3 rings (SSSR count). The number of carbonyl (C=O) groups is 3. The van der Waals surface area contributed by atoms with Crippen LogP contribution in [0.15, 0.2) is 10.7 Å². The summed E-state index contributed by atoms with van der Waals surface area (Å²) in [6.07, 6.45) is 3.55. The first-order chi connectivity index (χ1) is 9.63. The summed E-state index contributed by atoms with van der Waals surface area (Å²) in [6.45, 7) is 0. The number of aromatic nitrogens is 1. The summed E-state index contributed by atoms with van der Waals surface area (Å²) >= 11 is 1.21. The smallest absolute Gasteiger partial charge is 0.302 e. The van der Waals surface area contributed by atoms with E-state index in [4.69, 9.17) is 4.42 Å². The van der Waals surface area contributed by atoms with Crippen molar-refractivity contribution in [3.63, 3.8) is 0 Å². The van der Waals surface area contributed by atoms with Gasteiger partial charge >= 0.3 is 6.01 Å². The third-order valence-corrected chi connectivity index (χ3v) is 4.16. The Balaban J connectivity index is 1.59. The van der Waals surface area contributed by atoms with Crippen molar-refractivity contribution >= 4 is 34.7 Å². The molecule has 2 fully saturated rings. The van der Waals surface area contributed by atoms with E-state index < -0.39 is 11.9 Å². The Morgan fingerprint density at radius 1 is 1.35 bits per heavy atom. The lowest BCUT2D eigenvalue weighted by Gasteiger charge is -2.07. The van der Waals surface area contributed by atoms with Gasteiger partial charge in [0.1, 0.15) is 6.26 Å². The summed E-state index contributed by atoms with van der Waals surface area (Å²) in [5.74, 6) is 0.140. The van der Waals surface area contributed by atoms with Crippen LogP contribution in [0.25, 0.3) is 0 Å². The van der Waals surface area contributed by atoms with Crippen LogP contribution >= 0.6 is 11.8 Å². The van der Waals surface area contributed by atoms with Crippen molar-refractivity contribution in [2.24, 2.45) is 5.92 Å². The molecule has 0 bridgehead atoms. The fourth-order valence-corrected chi connectivity index (χ4v) is 2.78. The highest BCUT2D eigenvalue weighted by molar-refractivity contribution is 8.14. The average Bonchev–Trinajstić information content (AvgIpc) is 3.06. The SMILES string of the molecule is O=C(N[C@@H]1CCSC1=O)c1coc(NC(=O)C2CC2)n1. The summed E-state index contributed by atoms with van der Waals surface area (Å²) in [6, 6.07) is -0.451. The van der Waals surface area contributed by atoms with Gasteiger partial charge in [0.05, 0.1) is 6.04 Å². The van der Waals surface area contributed by atoms with Crippen LogP contribution in [0.5, 0.6) is 0 Å². The van der Waals surface area contributed by atoms with Crippen molar-refractivity contribution in [3.05, 3.63) is 12.0 Å². The van der Waals surface area contributed by atoms with E-state index in [1.54, 1.807) is 0 Å². The van der Waals surface area contributed by atoms with Crippen LogP contribution in [0.2, 0.25) is 0 Å². The molecule has 1 aromatic heterocycles. The van der Waals surface area contributed by atoms with Crippen molar-refractivity contribution in [3.8, 4) is 0 Å². The number of amides is 2. The minimum atomic E-state index is -0.471. The highest BCUT2D eigenvalue weighted by atomic mass is 32.2. The van der Waals surface area contributed by atoms with Crippen LogP contribution in [-0.4, -0.2) is 33.7 Å². The number of hydrogen-bond donors (Lipinski definition) is 2. The molecule has 1 saturated carbocycles. The monoisotopic (exact) mass is 295 g/mol. The molecule has 106 valence electrons. The molecule has 0 spiro atoms. The fraction of sp³-hybridized carbons (Fsp3) is 0.500. The Bertz CT molecular complexity index is 567. The maximum atomic E-state index is 11.9. The summed E-state index contributed by atoms with van der Waals surface area (Å²) in [4.78, 5) is 38.7. The molecule has 2 heterocycles. The molecule has 2 aliphatic rings. The number of carbonyl (C=O) groups excluding carboxylic acids is 3. The summed E-state index contributed by atoms with van der Waals surface area (Å²) in [5, 5.41) is 5.08. The van der Waals surface area contributed by atoms with Gasteiger partial charge in [-0.2, -0.15) is 4.98 Å². The van der Waals surface area contributed by atoms with Crippen LogP contribution in [0.1, 0.15) is 29.8 Å². The van der Waals surface area contributed by atoms with Gasteiger partial charge in [-0.15, -0.1) is 0 Å². The van der Waals surface area contributed by atoms with Crippen LogP contribution in [0, 0.1) is 5.92 Å². The average molecular weight is 295 g/mol. The Morgan fingerprint density at radius 3 is 2.80 bits per heavy atom. The second-order valence-corrected chi connectivity index (χ2v) is 5.88. The van der Waals surface area contributed by atoms with E-state index in [-0.39, 0.29) is 28.6 Å². The molecule has 20 heavy (non-hydrogen) atoms. The second-order valence-electron chi connectivity index (χ2n) is 4.78. The molecule has 2 amide bonds. The molecule has 1 atom stereocenters. The Labute approximate surface area is 118 Å². The first kappa shape index (κ1) is 13.2. The molecule has 1 aliphatic heterocycles. The van der Waals surface area contributed by atoms with E-state index in [2.05, 4.69) is 15.6 Å². The summed E-state index contributed by atoms with van der Waals surface area (Å²) in [7, 11) is 0. The van der Waals surface area contributed by atoms with Crippen LogP contribution in [0.3, 0.4) is 0 Å². The first-order valence-electron chi connectivity index (χ1n) is 6.37. The number of nitrogens with zero attached hydrogens (tertiary/aromatic N) is 1. The zero-order valence-corrected chi connectivity index (χ0v) is 11.4. The van der Waals surface area contributed by atoms with E-state index in [1.807, 2.05) is 0 Å². The number of nitrogens with one attached hydrogen (secondary N) is 2. The Morgan fingerprint density at radius 2 is 2.15 bits per heavy atom. The van der Waals surface area contributed by atoms with Crippen LogP contribution in [-0.2, 0) is 9.59 Å². The number of thioether (sulfide) groups is 1. The molecule has 7 nitrogen and oxygen atoms in total. The number of anilines is 1. The van der Waals surface area contributed by atoms with Crippen molar-refractivity contribution in [1.82, 2.24) is 10.3 Å². The summed E-state index contributed by atoms with van der Waals surface area (Å²) < 4.78 is 5.03. The standard InChI is InChI=1S/C12H13N3O4S/c16-9(6-1-2-6)15-12-14-8(5-19-12)10(17)13-7-3-4-20-11(7)18/h5-7H,1-4H2,(H,13,17)(H,14,15,16)/t7-/m1/s1. The number of rotatable bonds is 4. The quantitative estimate of drug-likeness (QED) is 0.851. The number of oxazole rings is 1. The highest BCUT2D eigenvalue weighted by Gasteiger charge is 2.31. The molecule has 8 heteroatoms. The lowest BCUT2D eigenvalue weighted by Crippen LogP contribution is -2.37. The van der Waals surface area contributed by atoms with Crippen molar-refractivity contribution < 1.29 is 18.8 Å². The van der Waals surface area contributed by atoms with E-state index in [1.165, 1.54) is 18.0 Å². The van der Waals surface area contributed by atoms with Gasteiger partial charge in [-0.25, -0.2) is 0 Å². The Hall–Kier alpha value is -1.83. The topological polar surface area (TPSA) is 101 Å². The lowest BCUT2D eigenvalue weighted by atomic mass is 10.2. The van der Waals surface area contributed by atoms with Gasteiger partial charge in [0, 0.05) is 11.7 Å². The van der Waals surface area contributed by atoms with Gasteiger partial charge in [-0.05, 0) is 19.3 Å². The van der Waals surface area contributed by atoms with Crippen LogP contribution < -0.4 is 10.6 Å². The van der Waals surface area contributed by atoms with Gasteiger partial charge in [0.2, 0.25) is 11.0 Å². The molecule has 1 aliphatic carbocycles. The lowest BCUT2D eigenvalue weighted by molar-refractivity contribution is -0.117. The molecule has 0 aromatic carbocycles. The second kappa shape index (κ2) is 5.28. The van der Waals surface area contributed by atoms with E-state index in [0.29, 0.717) is 12.2 Å². The molecular formula is C12H13N3O4S. The molecule has 1 saturated heterocycles. The van der Waals surface area contributed by atoms with Crippen molar-refractivity contribution in [2.75, 3.05) is 11.1 Å². The first-order valence-corrected chi connectivity index (χ1v) is 7.36. The minimum Gasteiger partial charge on any atom is -0.431 e. The summed E-state index contributed by atoms with van der Waals surface area (Å²) in [5.41, 5.74) is 0.0563. The third-order valence-electron chi connectivity index (χ3n) is 3.16. The van der Waals surface area contributed by atoms with Crippen molar-refractivity contribution in [2.45, 2.75) is 25.3 Å². The Kier molecular flexibility index (Phi) is 3.47.